The van der Waals surface area contributed by atoms with E-state index in [0.717, 1.165) is 23.4 Å². The smallest absolute Gasteiger partial charge is 0.333 e. The van der Waals surface area contributed by atoms with Gasteiger partial charge < -0.3 is 10.1 Å². The monoisotopic (exact) mass is 273 g/mol. The molecule has 5 nitrogen and oxygen atoms in total. The Morgan fingerprint density at radius 1 is 1.50 bits per heavy atom. The first-order valence-electron chi connectivity index (χ1n) is 6.57. The van der Waals surface area contributed by atoms with Crippen LogP contribution in [-0.4, -0.2) is 22.9 Å². The van der Waals surface area contributed by atoms with Gasteiger partial charge in [-0.1, -0.05) is 12.1 Å². The first-order chi connectivity index (χ1) is 9.63. The quantitative estimate of drug-likeness (QED) is 0.851. The minimum atomic E-state index is -0.554. The average molecular weight is 273 g/mol. The maximum atomic E-state index is 12.0. The van der Waals surface area contributed by atoms with Gasteiger partial charge in [0, 0.05) is 24.0 Å². The molecule has 0 aliphatic rings. The minimum Gasteiger partial charge on any atom is -0.467 e. The molecule has 1 unspecified atom stereocenters. The Kier molecular flexibility index (Phi) is 4.40. The van der Waals surface area contributed by atoms with Gasteiger partial charge in [0.25, 0.3) is 0 Å². The lowest BCUT2D eigenvalue weighted by Gasteiger charge is -2.16. The Bertz CT molecular complexity index is 592. The molecule has 0 aliphatic heterocycles. The van der Waals surface area contributed by atoms with E-state index < -0.39 is 6.04 Å². The SMILES string of the molecule is CCn1cc(C(Nc2cccc(C)c2)C(=O)OC)cn1. The molecular weight excluding hydrogens is 254 g/mol. The van der Waals surface area contributed by atoms with Crippen LogP contribution in [0.25, 0.3) is 0 Å². The average Bonchev–Trinajstić information content (AvgIpc) is 2.92. The number of carbonyl (C=O) groups excluding carboxylic acids is 1. The first kappa shape index (κ1) is 14.1. The van der Waals surface area contributed by atoms with Crippen LogP contribution in [0.5, 0.6) is 0 Å². The van der Waals surface area contributed by atoms with E-state index in [2.05, 4.69) is 10.4 Å². The van der Waals surface area contributed by atoms with Crippen LogP contribution in [0.2, 0.25) is 0 Å². The Morgan fingerprint density at radius 2 is 2.30 bits per heavy atom. The second kappa shape index (κ2) is 6.23. The summed E-state index contributed by atoms with van der Waals surface area (Å²) in [4.78, 5) is 12.0. The van der Waals surface area contributed by atoms with Gasteiger partial charge in [-0.25, -0.2) is 4.79 Å². The highest BCUT2D eigenvalue weighted by molar-refractivity contribution is 5.80. The third-order valence-corrected chi connectivity index (χ3v) is 3.08. The van der Waals surface area contributed by atoms with E-state index in [9.17, 15) is 4.79 Å². The van der Waals surface area contributed by atoms with E-state index in [1.165, 1.54) is 7.11 Å². The van der Waals surface area contributed by atoms with Crippen LogP contribution in [0.15, 0.2) is 36.7 Å². The molecule has 0 amide bonds. The van der Waals surface area contributed by atoms with Crippen molar-refractivity contribution < 1.29 is 9.53 Å². The highest BCUT2D eigenvalue weighted by Crippen LogP contribution is 2.21. The van der Waals surface area contributed by atoms with Gasteiger partial charge in [-0.05, 0) is 31.5 Å². The molecule has 0 bridgehead atoms. The molecule has 1 N–H and O–H groups in total. The molecule has 0 spiro atoms. The summed E-state index contributed by atoms with van der Waals surface area (Å²) in [5.41, 5.74) is 2.80. The number of aryl methyl sites for hydroxylation is 2. The Labute approximate surface area is 118 Å². The molecule has 1 aromatic carbocycles. The third kappa shape index (κ3) is 3.17. The number of esters is 1. The number of hydrogen-bond donors (Lipinski definition) is 1. The van der Waals surface area contributed by atoms with Crippen molar-refractivity contribution in [3.05, 3.63) is 47.8 Å². The summed E-state index contributed by atoms with van der Waals surface area (Å²) < 4.78 is 6.65. The van der Waals surface area contributed by atoms with E-state index in [4.69, 9.17) is 4.74 Å². The standard InChI is InChI=1S/C15H19N3O2/c1-4-18-10-12(9-16-18)14(15(19)20-3)17-13-7-5-6-11(2)8-13/h5-10,14,17H,4H2,1-3H3. The molecule has 1 atom stereocenters. The molecule has 2 aromatic rings. The van der Waals surface area contributed by atoms with E-state index in [1.807, 2.05) is 44.3 Å². The third-order valence-electron chi connectivity index (χ3n) is 3.08. The number of ether oxygens (including phenoxy) is 1. The number of nitrogens with zero attached hydrogens (tertiary/aromatic N) is 2. The zero-order valence-electron chi connectivity index (χ0n) is 12.0. The van der Waals surface area contributed by atoms with Crippen molar-refractivity contribution in [2.45, 2.75) is 26.4 Å². The summed E-state index contributed by atoms with van der Waals surface area (Å²) in [6.07, 6.45) is 3.54. The summed E-state index contributed by atoms with van der Waals surface area (Å²) in [7, 11) is 1.39. The number of methoxy groups -OCH3 is 1. The van der Waals surface area contributed by atoms with Crippen LogP contribution in [0.3, 0.4) is 0 Å². The predicted molar refractivity (Wildman–Crippen MR) is 77.5 cm³/mol. The van der Waals surface area contributed by atoms with Gasteiger partial charge in [-0.15, -0.1) is 0 Å². The van der Waals surface area contributed by atoms with Crippen molar-refractivity contribution in [3.63, 3.8) is 0 Å². The largest absolute Gasteiger partial charge is 0.467 e. The van der Waals surface area contributed by atoms with Gasteiger partial charge >= 0.3 is 5.97 Å². The molecule has 1 aromatic heterocycles. The van der Waals surface area contributed by atoms with E-state index in [-0.39, 0.29) is 5.97 Å². The zero-order chi connectivity index (χ0) is 14.5. The van der Waals surface area contributed by atoms with Gasteiger partial charge in [-0.2, -0.15) is 5.10 Å². The number of carbonyl (C=O) groups is 1. The Balaban J connectivity index is 2.26. The lowest BCUT2D eigenvalue weighted by Crippen LogP contribution is -2.22. The normalized spacial score (nSPS) is 11.9. The molecule has 0 aliphatic carbocycles. The molecule has 2 rings (SSSR count). The molecule has 0 fully saturated rings. The summed E-state index contributed by atoms with van der Waals surface area (Å²) in [6, 6.07) is 7.31. The van der Waals surface area contributed by atoms with Crippen LogP contribution in [-0.2, 0) is 16.1 Å². The fourth-order valence-electron chi connectivity index (χ4n) is 2.00. The molecule has 1 heterocycles. The van der Waals surface area contributed by atoms with Gasteiger partial charge in [0.1, 0.15) is 0 Å². The molecular formula is C15H19N3O2. The fraction of sp³-hybridized carbons (Fsp3) is 0.333. The number of rotatable bonds is 5. The molecule has 0 saturated carbocycles. The van der Waals surface area contributed by atoms with E-state index >= 15 is 0 Å². The second-order valence-electron chi connectivity index (χ2n) is 4.60. The Hall–Kier alpha value is -2.30. The van der Waals surface area contributed by atoms with E-state index in [1.54, 1.807) is 10.9 Å². The number of benzene rings is 1. The lowest BCUT2D eigenvalue weighted by atomic mass is 10.1. The molecule has 0 saturated heterocycles. The zero-order valence-corrected chi connectivity index (χ0v) is 12.0. The summed E-state index contributed by atoms with van der Waals surface area (Å²) in [6.45, 7) is 4.77. The lowest BCUT2D eigenvalue weighted by molar-refractivity contribution is -0.141. The summed E-state index contributed by atoms with van der Waals surface area (Å²) >= 11 is 0. The molecule has 0 radical (unpaired) electrons. The van der Waals surface area contributed by atoms with Crippen LogP contribution in [0.4, 0.5) is 5.69 Å². The highest BCUT2D eigenvalue weighted by Gasteiger charge is 2.22. The first-order valence-corrected chi connectivity index (χ1v) is 6.57. The summed E-state index contributed by atoms with van der Waals surface area (Å²) in [5, 5.41) is 7.40. The van der Waals surface area contributed by atoms with Gasteiger partial charge in [0.05, 0.1) is 13.3 Å². The van der Waals surface area contributed by atoms with Crippen molar-refractivity contribution >= 4 is 11.7 Å². The second-order valence-corrected chi connectivity index (χ2v) is 4.60. The Morgan fingerprint density at radius 3 is 2.90 bits per heavy atom. The summed E-state index contributed by atoms with van der Waals surface area (Å²) in [5.74, 6) is -0.331. The highest BCUT2D eigenvalue weighted by atomic mass is 16.5. The fourth-order valence-corrected chi connectivity index (χ4v) is 2.00. The van der Waals surface area contributed by atoms with Gasteiger partial charge in [0.2, 0.25) is 0 Å². The van der Waals surface area contributed by atoms with Crippen molar-refractivity contribution in [2.24, 2.45) is 0 Å². The van der Waals surface area contributed by atoms with Gasteiger partial charge in [-0.3, -0.25) is 4.68 Å². The van der Waals surface area contributed by atoms with Crippen molar-refractivity contribution in [2.75, 3.05) is 12.4 Å². The number of anilines is 1. The van der Waals surface area contributed by atoms with E-state index in [0.29, 0.717) is 0 Å². The van der Waals surface area contributed by atoms with Crippen LogP contribution in [0.1, 0.15) is 24.1 Å². The van der Waals surface area contributed by atoms with Crippen molar-refractivity contribution in [1.29, 1.82) is 0 Å². The van der Waals surface area contributed by atoms with Crippen LogP contribution < -0.4 is 5.32 Å². The molecule has 20 heavy (non-hydrogen) atoms. The molecule has 106 valence electrons. The van der Waals surface area contributed by atoms with Gasteiger partial charge in [0.15, 0.2) is 6.04 Å². The topological polar surface area (TPSA) is 56.2 Å². The number of hydrogen-bond acceptors (Lipinski definition) is 4. The maximum absolute atomic E-state index is 12.0. The number of aromatic nitrogens is 2. The van der Waals surface area contributed by atoms with Crippen molar-refractivity contribution in [1.82, 2.24) is 9.78 Å². The predicted octanol–water partition coefficient (Wildman–Crippen LogP) is 2.54. The van der Waals surface area contributed by atoms with Crippen LogP contribution >= 0.6 is 0 Å². The van der Waals surface area contributed by atoms with Crippen molar-refractivity contribution in [3.8, 4) is 0 Å². The van der Waals surface area contributed by atoms with Crippen LogP contribution in [0, 0.1) is 6.92 Å². The molecule has 5 heteroatoms. The maximum Gasteiger partial charge on any atom is 0.333 e. The number of nitrogens with one attached hydrogen (secondary N) is 1. The minimum absolute atomic E-state index is 0.331.